The van der Waals surface area contributed by atoms with Crippen molar-refractivity contribution in [1.82, 2.24) is 0 Å². The van der Waals surface area contributed by atoms with E-state index in [9.17, 15) is 9.18 Å². The van der Waals surface area contributed by atoms with Gasteiger partial charge in [0, 0.05) is 24.3 Å². The number of Topliss-reactive ketones (excluding diaryl/α,β-unsaturated/α-hetero) is 1. The third kappa shape index (κ3) is 3.05. The molecule has 0 amide bonds. The third-order valence-electron chi connectivity index (χ3n) is 3.29. The molecule has 0 saturated carbocycles. The van der Waals surface area contributed by atoms with Gasteiger partial charge in [-0.3, -0.25) is 4.79 Å². The Kier molecular flexibility index (Phi) is 4.27. The quantitative estimate of drug-likeness (QED) is 0.747. The number of carbonyl (C=O) groups is 1. The number of ketones is 1. The molecule has 3 heteroatoms. The Bertz CT molecular complexity index is 415. The van der Waals surface area contributed by atoms with Gasteiger partial charge >= 0.3 is 0 Å². The van der Waals surface area contributed by atoms with E-state index in [1.807, 2.05) is 11.9 Å². The lowest BCUT2D eigenvalue weighted by Gasteiger charge is -2.31. The van der Waals surface area contributed by atoms with Gasteiger partial charge in [0.25, 0.3) is 0 Å². The zero-order valence-electron chi connectivity index (χ0n) is 11.1. The highest BCUT2D eigenvalue weighted by Gasteiger charge is 2.18. The van der Waals surface area contributed by atoms with E-state index in [0.717, 1.165) is 5.69 Å². The van der Waals surface area contributed by atoms with E-state index in [4.69, 9.17) is 0 Å². The van der Waals surface area contributed by atoms with E-state index < -0.39 is 0 Å². The number of hydrogen-bond acceptors (Lipinski definition) is 2. The molecule has 1 aromatic rings. The van der Waals surface area contributed by atoms with Crippen LogP contribution in [0.3, 0.4) is 0 Å². The zero-order valence-corrected chi connectivity index (χ0v) is 11.1. The summed E-state index contributed by atoms with van der Waals surface area (Å²) in [6, 6.07) is 4.66. The molecule has 0 aliphatic carbocycles. The maximum absolute atomic E-state index is 13.2. The summed E-state index contributed by atoms with van der Waals surface area (Å²) >= 11 is 0. The SMILES string of the molecule is CC(=O)c1cc(F)ccc1N(C)C(C)C(C)C. The van der Waals surface area contributed by atoms with Crippen molar-refractivity contribution in [2.45, 2.75) is 33.7 Å². The second-order valence-electron chi connectivity index (χ2n) is 4.81. The molecular formula is C14H20FNO. The number of benzene rings is 1. The van der Waals surface area contributed by atoms with E-state index in [-0.39, 0.29) is 11.6 Å². The molecule has 0 aliphatic rings. The van der Waals surface area contributed by atoms with E-state index in [0.29, 0.717) is 17.5 Å². The van der Waals surface area contributed by atoms with Crippen LogP contribution in [0.25, 0.3) is 0 Å². The molecule has 1 aromatic carbocycles. The molecule has 1 rings (SSSR count). The van der Waals surface area contributed by atoms with Crippen LogP contribution in [-0.2, 0) is 0 Å². The van der Waals surface area contributed by atoms with Gasteiger partial charge in [0.1, 0.15) is 5.82 Å². The van der Waals surface area contributed by atoms with Gasteiger partial charge in [0.2, 0.25) is 0 Å². The van der Waals surface area contributed by atoms with Gasteiger partial charge in [0.05, 0.1) is 0 Å². The predicted molar refractivity (Wildman–Crippen MR) is 69.1 cm³/mol. The Morgan fingerprint density at radius 2 is 1.88 bits per heavy atom. The number of carbonyl (C=O) groups excluding carboxylic acids is 1. The molecule has 0 aromatic heterocycles. The Hall–Kier alpha value is -1.38. The summed E-state index contributed by atoms with van der Waals surface area (Å²) in [5.41, 5.74) is 1.24. The Morgan fingerprint density at radius 3 is 2.35 bits per heavy atom. The number of rotatable bonds is 4. The minimum atomic E-state index is -0.371. The van der Waals surface area contributed by atoms with Gasteiger partial charge < -0.3 is 4.90 Å². The lowest BCUT2D eigenvalue weighted by atomic mass is 10.0. The largest absolute Gasteiger partial charge is 0.371 e. The van der Waals surface area contributed by atoms with Gasteiger partial charge in [-0.1, -0.05) is 13.8 Å². The molecule has 17 heavy (non-hydrogen) atoms. The van der Waals surface area contributed by atoms with Crippen LogP contribution < -0.4 is 4.90 Å². The van der Waals surface area contributed by atoms with Crippen LogP contribution in [0.15, 0.2) is 18.2 Å². The second kappa shape index (κ2) is 5.30. The first kappa shape index (κ1) is 13.7. The maximum Gasteiger partial charge on any atom is 0.161 e. The van der Waals surface area contributed by atoms with Gasteiger partial charge in [-0.2, -0.15) is 0 Å². The van der Waals surface area contributed by atoms with Crippen LogP contribution in [0.1, 0.15) is 38.1 Å². The van der Waals surface area contributed by atoms with Crippen LogP contribution >= 0.6 is 0 Å². The number of nitrogens with zero attached hydrogens (tertiary/aromatic N) is 1. The fourth-order valence-electron chi connectivity index (χ4n) is 1.76. The highest BCUT2D eigenvalue weighted by atomic mass is 19.1. The highest BCUT2D eigenvalue weighted by molar-refractivity contribution is 5.99. The van der Waals surface area contributed by atoms with Crippen molar-refractivity contribution in [3.63, 3.8) is 0 Å². The van der Waals surface area contributed by atoms with Crippen molar-refractivity contribution in [1.29, 1.82) is 0 Å². The van der Waals surface area contributed by atoms with E-state index in [1.165, 1.54) is 19.1 Å². The summed E-state index contributed by atoms with van der Waals surface area (Å²) in [5, 5.41) is 0. The van der Waals surface area contributed by atoms with Crippen molar-refractivity contribution in [2.24, 2.45) is 5.92 Å². The van der Waals surface area contributed by atoms with Crippen molar-refractivity contribution < 1.29 is 9.18 Å². The van der Waals surface area contributed by atoms with Gasteiger partial charge in [-0.25, -0.2) is 4.39 Å². The molecule has 2 nitrogen and oxygen atoms in total. The van der Waals surface area contributed by atoms with Crippen molar-refractivity contribution in [3.05, 3.63) is 29.6 Å². The zero-order chi connectivity index (χ0) is 13.2. The molecule has 0 spiro atoms. The van der Waals surface area contributed by atoms with Crippen molar-refractivity contribution in [3.8, 4) is 0 Å². The minimum Gasteiger partial charge on any atom is -0.371 e. The van der Waals surface area contributed by atoms with E-state index in [1.54, 1.807) is 6.07 Å². The van der Waals surface area contributed by atoms with Crippen LogP contribution in [0, 0.1) is 11.7 Å². The lowest BCUT2D eigenvalue weighted by Crippen LogP contribution is -2.34. The molecule has 94 valence electrons. The average Bonchev–Trinajstić information content (AvgIpc) is 2.26. The number of anilines is 1. The smallest absolute Gasteiger partial charge is 0.161 e. The summed E-state index contributed by atoms with van der Waals surface area (Å²) in [5.74, 6) is -0.0169. The molecule has 0 fully saturated rings. The van der Waals surface area contributed by atoms with Crippen molar-refractivity contribution in [2.75, 3.05) is 11.9 Å². The average molecular weight is 237 g/mol. The van der Waals surface area contributed by atoms with Crippen LogP contribution in [0.4, 0.5) is 10.1 Å². The Morgan fingerprint density at radius 1 is 1.29 bits per heavy atom. The Labute approximate surface area is 102 Å². The molecule has 0 aliphatic heterocycles. The summed E-state index contributed by atoms with van der Waals surface area (Å²) in [7, 11) is 1.93. The highest BCUT2D eigenvalue weighted by Crippen LogP contribution is 2.25. The van der Waals surface area contributed by atoms with Gasteiger partial charge in [-0.15, -0.1) is 0 Å². The summed E-state index contributed by atoms with van der Waals surface area (Å²) in [6.07, 6.45) is 0. The number of halogens is 1. The minimum absolute atomic E-state index is 0.109. The van der Waals surface area contributed by atoms with Crippen LogP contribution in [-0.4, -0.2) is 18.9 Å². The summed E-state index contributed by atoms with van der Waals surface area (Å²) in [4.78, 5) is 13.6. The molecule has 1 unspecified atom stereocenters. The summed E-state index contributed by atoms with van der Waals surface area (Å²) in [6.45, 7) is 7.81. The normalized spacial score (nSPS) is 12.6. The fourth-order valence-corrected chi connectivity index (χ4v) is 1.76. The molecule has 1 atom stereocenters. The topological polar surface area (TPSA) is 20.3 Å². The monoisotopic (exact) mass is 237 g/mol. The van der Waals surface area contributed by atoms with E-state index >= 15 is 0 Å². The second-order valence-corrected chi connectivity index (χ2v) is 4.81. The first-order valence-corrected chi connectivity index (χ1v) is 5.88. The lowest BCUT2D eigenvalue weighted by molar-refractivity contribution is 0.101. The first-order chi connectivity index (χ1) is 7.84. The molecule has 0 bridgehead atoms. The number of hydrogen-bond donors (Lipinski definition) is 0. The standard InChI is InChI=1S/C14H20FNO/c1-9(2)10(3)16(5)14-7-6-12(15)8-13(14)11(4)17/h6-10H,1-5H3. The van der Waals surface area contributed by atoms with Gasteiger partial charge in [-0.05, 0) is 38.0 Å². The molecular weight excluding hydrogens is 217 g/mol. The summed E-state index contributed by atoms with van der Waals surface area (Å²) < 4.78 is 13.2. The van der Waals surface area contributed by atoms with Crippen LogP contribution in [0.2, 0.25) is 0 Å². The molecule has 0 saturated heterocycles. The van der Waals surface area contributed by atoms with Crippen molar-refractivity contribution >= 4 is 11.5 Å². The van der Waals surface area contributed by atoms with Gasteiger partial charge in [0.15, 0.2) is 5.78 Å². The predicted octanol–water partition coefficient (Wildman–Crippen LogP) is 3.51. The maximum atomic E-state index is 13.2. The Balaban J connectivity index is 3.17. The molecule has 0 N–H and O–H groups in total. The first-order valence-electron chi connectivity index (χ1n) is 5.88. The molecule has 0 radical (unpaired) electrons. The van der Waals surface area contributed by atoms with Crippen LogP contribution in [0.5, 0.6) is 0 Å². The van der Waals surface area contributed by atoms with E-state index in [2.05, 4.69) is 20.8 Å². The molecule has 0 heterocycles. The third-order valence-corrected chi connectivity index (χ3v) is 3.29. The fraction of sp³-hybridized carbons (Fsp3) is 0.500.